The highest BCUT2D eigenvalue weighted by Crippen LogP contribution is 2.31. The van der Waals surface area contributed by atoms with Crippen LogP contribution in [0.1, 0.15) is 6.42 Å². The molecule has 0 bridgehead atoms. The SMILES string of the molecule is O=C(O)C1=NC2CCOCC2S1. The van der Waals surface area contributed by atoms with Gasteiger partial charge in [-0.3, -0.25) is 4.99 Å². The number of carbonyl (C=O) groups is 1. The Balaban J connectivity index is 2.09. The van der Waals surface area contributed by atoms with Crippen molar-refractivity contribution in [2.24, 2.45) is 4.99 Å². The number of thioether (sulfide) groups is 1. The molecule has 2 atom stereocenters. The fourth-order valence-corrected chi connectivity index (χ4v) is 2.49. The molecule has 0 aliphatic carbocycles. The van der Waals surface area contributed by atoms with Crippen molar-refractivity contribution in [3.63, 3.8) is 0 Å². The maximum absolute atomic E-state index is 10.6. The van der Waals surface area contributed by atoms with Gasteiger partial charge in [0.1, 0.15) is 0 Å². The highest BCUT2D eigenvalue weighted by molar-refractivity contribution is 8.16. The number of carboxylic acids is 1. The van der Waals surface area contributed by atoms with Crippen LogP contribution in [0, 0.1) is 0 Å². The Labute approximate surface area is 74.0 Å². The van der Waals surface area contributed by atoms with E-state index >= 15 is 0 Å². The summed E-state index contributed by atoms with van der Waals surface area (Å²) in [7, 11) is 0. The summed E-state index contributed by atoms with van der Waals surface area (Å²) in [5.41, 5.74) is 0. The van der Waals surface area contributed by atoms with Gasteiger partial charge in [-0.15, -0.1) is 0 Å². The minimum absolute atomic E-state index is 0.176. The smallest absolute Gasteiger partial charge is 0.360 e. The molecule has 1 saturated heterocycles. The first-order chi connectivity index (χ1) is 5.77. The molecule has 2 unspecified atom stereocenters. The van der Waals surface area contributed by atoms with Crippen molar-refractivity contribution in [2.75, 3.05) is 13.2 Å². The average molecular weight is 187 g/mol. The van der Waals surface area contributed by atoms with E-state index in [9.17, 15) is 4.79 Å². The number of aliphatic imine (C=N–C) groups is 1. The lowest BCUT2D eigenvalue weighted by molar-refractivity contribution is -0.129. The fourth-order valence-electron chi connectivity index (χ4n) is 1.39. The van der Waals surface area contributed by atoms with E-state index < -0.39 is 5.97 Å². The Bertz CT molecular complexity index is 241. The zero-order valence-corrected chi connectivity index (χ0v) is 7.21. The maximum atomic E-state index is 10.6. The van der Waals surface area contributed by atoms with Crippen molar-refractivity contribution in [1.82, 2.24) is 0 Å². The summed E-state index contributed by atoms with van der Waals surface area (Å²) in [6.45, 7) is 1.34. The molecule has 0 amide bonds. The molecule has 0 spiro atoms. The summed E-state index contributed by atoms with van der Waals surface area (Å²) in [6.07, 6.45) is 0.856. The lowest BCUT2D eigenvalue weighted by atomic mass is 10.1. The van der Waals surface area contributed by atoms with Crippen LogP contribution in [0.25, 0.3) is 0 Å². The Kier molecular flexibility index (Phi) is 2.06. The second-order valence-corrected chi connectivity index (χ2v) is 4.05. The van der Waals surface area contributed by atoms with E-state index in [1.165, 1.54) is 11.8 Å². The molecule has 1 N–H and O–H groups in total. The molecule has 66 valence electrons. The molecule has 0 saturated carbocycles. The van der Waals surface area contributed by atoms with Crippen LogP contribution in [0.5, 0.6) is 0 Å². The van der Waals surface area contributed by atoms with Gasteiger partial charge in [-0.05, 0) is 6.42 Å². The number of nitrogens with zero attached hydrogens (tertiary/aromatic N) is 1. The van der Waals surface area contributed by atoms with Gasteiger partial charge in [0.05, 0.1) is 17.9 Å². The second kappa shape index (κ2) is 3.06. The van der Waals surface area contributed by atoms with E-state index in [-0.39, 0.29) is 16.3 Å². The van der Waals surface area contributed by atoms with Crippen molar-refractivity contribution in [3.05, 3.63) is 0 Å². The maximum Gasteiger partial charge on any atom is 0.360 e. The molecule has 2 rings (SSSR count). The summed E-state index contributed by atoms with van der Waals surface area (Å²) < 4.78 is 5.22. The topological polar surface area (TPSA) is 58.9 Å². The van der Waals surface area contributed by atoms with Crippen molar-refractivity contribution in [2.45, 2.75) is 17.7 Å². The van der Waals surface area contributed by atoms with E-state index in [0.717, 1.165) is 6.42 Å². The highest BCUT2D eigenvalue weighted by atomic mass is 32.2. The van der Waals surface area contributed by atoms with Crippen LogP contribution in [0.2, 0.25) is 0 Å². The lowest BCUT2D eigenvalue weighted by Crippen LogP contribution is -2.30. The van der Waals surface area contributed by atoms with E-state index in [1.807, 2.05) is 0 Å². The number of rotatable bonds is 1. The van der Waals surface area contributed by atoms with Crippen LogP contribution in [0.3, 0.4) is 0 Å². The molecule has 12 heavy (non-hydrogen) atoms. The van der Waals surface area contributed by atoms with Crippen LogP contribution < -0.4 is 0 Å². The summed E-state index contributed by atoms with van der Waals surface area (Å²) in [5.74, 6) is -0.908. The van der Waals surface area contributed by atoms with Crippen molar-refractivity contribution < 1.29 is 14.6 Å². The standard InChI is InChI=1S/C7H9NO3S/c9-7(10)6-8-4-1-2-11-3-5(4)12-6/h4-5H,1-3H2,(H,9,10). The number of carboxylic acid groups (broad SMARTS) is 1. The number of hydrogen-bond donors (Lipinski definition) is 1. The average Bonchev–Trinajstić information content (AvgIpc) is 2.46. The van der Waals surface area contributed by atoms with Crippen LogP contribution in [-0.4, -0.2) is 40.6 Å². The first-order valence-electron chi connectivity index (χ1n) is 3.83. The van der Waals surface area contributed by atoms with E-state index in [1.54, 1.807) is 0 Å². The first kappa shape index (κ1) is 8.07. The molecular formula is C7H9NO3S. The molecule has 2 aliphatic rings. The third-order valence-corrected chi connectivity index (χ3v) is 3.25. The number of hydrogen-bond acceptors (Lipinski definition) is 4. The van der Waals surface area contributed by atoms with Gasteiger partial charge in [0.25, 0.3) is 0 Å². The van der Waals surface area contributed by atoms with E-state index in [2.05, 4.69) is 4.99 Å². The summed E-state index contributed by atoms with van der Waals surface area (Å²) in [4.78, 5) is 14.7. The van der Waals surface area contributed by atoms with Crippen LogP contribution in [-0.2, 0) is 9.53 Å². The Morgan fingerprint density at radius 1 is 1.75 bits per heavy atom. The third-order valence-electron chi connectivity index (χ3n) is 2.00. The van der Waals surface area contributed by atoms with Gasteiger partial charge in [-0.2, -0.15) is 0 Å². The molecule has 0 aromatic heterocycles. The normalized spacial score (nSPS) is 34.2. The zero-order valence-electron chi connectivity index (χ0n) is 6.40. The van der Waals surface area contributed by atoms with Gasteiger partial charge in [0, 0.05) is 6.61 Å². The van der Waals surface area contributed by atoms with Crippen LogP contribution >= 0.6 is 11.8 Å². The molecule has 5 heteroatoms. The Morgan fingerprint density at radius 2 is 2.58 bits per heavy atom. The Hall–Kier alpha value is -0.550. The van der Waals surface area contributed by atoms with Gasteiger partial charge in [0.15, 0.2) is 5.04 Å². The van der Waals surface area contributed by atoms with Gasteiger partial charge in [0.2, 0.25) is 0 Å². The van der Waals surface area contributed by atoms with Crippen LogP contribution in [0.4, 0.5) is 0 Å². The van der Waals surface area contributed by atoms with Gasteiger partial charge in [-0.1, -0.05) is 11.8 Å². The lowest BCUT2D eigenvalue weighted by Gasteiger charge is -2.22. The van der Waals surface area contributed by atoms with Crippen molar-refractivity contribution in [3.8, 4) is 0 Å². The van der Waals surface area contributed by atoms with Gasteiger partial charge >= 0.3 is 5.97 Å². The molecule has 2 heterocycles. The fraction of sp³-hybridized carbons (Fsp3) is 0.714. The third kappa shape index (κ3) is 1.34. The van der Waals surface area contributed by atoms with Crippen molar-refractivity contribution >= 4 is 22.8 Å². The molecule has 0 radical (unpaired) electrons. The molecular weight excluding hydrogens is 178 g/mol. The molecule has 0 aromatic rings. The first-order valence-corrected chi connectivity index (χ1v) is 4.71. The van der Waals surface area contributed by atoms with Crippen LogP contribution in [0.15, 0.2) is 4.99 Å². The largest absolute Gasteiger partial charge is 0.476 e. The number of aliphatic carboxylic acids is 1. The zero-order chi connectivity index (χ0) is 8.55. The van der Waals surface area contributed by atoms with E-state index in [4.69, 9.17) is 9.84 Å². The summed E-state index contributed by atoms with van der Waals surface area (Å²) in [5, 5.41) is 9.15. The summed E-state index contributed by atoms with van der Waals surface area (Å²) in [6, 6.07) is 0.176. The second-order valence-electron chi connectivity index (χ2n) is 2.83. The number of fused-ring (bicyclic) bond motifs is 1. The molecule has 0 aromatic carbocycles. The highest BCUT2D eigenvalue weighted by Gasteiger charge is 2.35. The minimum Gasteiger partial charge on any atom is -0.476 e. The molecule has 2 aliphatic heterocycles. The monoisotopic (exact) mass is 187 g/mol. The van der Waals surface area contributed by atoms with Crippen molar-refractivity contribution in [1.29, 1.82) is 0 Å². The summed E-state index contributed by atoms with van der Waals surface area (Å²) >= 11 is 1.33. The van der Waals surface area contributed by atoms with Gasteiger partial charge in [-0.25, -0.2) is 4.79 Å². The predicted octanol–water partition coefficient (Wildman–Crippen LogP) is 0.374. The number of ether oxygens (including phenoxy) is 1. The molecule has 4 nitrogen and oxygen atoms in total. The van der Waals surface area contributed by atoms with E-state index in [0.29, 0.717) is 13.2 Å². The van der Waals surface area contributed by atoms with Gasteiger partial charge < -0.3 is 9.84 Å². The quantitative estimate of drug-likeness (QED) is 0.644. The predicted molar refractivity (Wildman–Crippen MR) is 45.7 cm³/mol. The Morgan fingerprint density at radius 3 is 3.25 bits per heavy atom. The minimum atomic E-state index is -0.908. The molecule has 1 fully saturated rings.